The molecule has 3 heterocycles. The van der Waals surface area contributed by atoms with Crippen LogP contribution in [0.3, 0.4) is 0 Å². The molecule has 2 saturated carbocycles. The van der Waals surface area contributed by atoms with Crippen LogP contribution in [0.15, 0.2) is 58.4 Å². The number of nitrogens with zero attached hydrogens (tertiary/aromatic N) is 1. The molecule has 3 aromatic rings. The number of fused-ring (bicyclic) bond motifs is 9. The van der Waals surface area contributed by atoms with Crippen LogP contribution in [0.4, 0.5) is 5.69 Å². The van der Waals surface area contributed by atoms with E-state index in [0.717, 1.165) is 26.8 Å². The van der Waals surface area contributed by atoms with E-state index < -0.39 is 17.7 Å². The van der Waals surface area contributed by atoms with Gasteiger partial charge in [-0.25, -0.2) is 0 Å². The first kappa shape index (κ1) is 24.0. The van der Waals surface area contributed by atoms with Crippen LogP contribution in [0.1, 0.15) is 22.8 Å². The highest BCUT2D eigenvalue weighted by Gasteiger charge is 2.69. The third-order valence-electron chi connectivity index (χ3n) is 8.50. The third kappa shape index (κ3) is 3.57. The first-order valence-electron chi connectivity index (χ1n) is 12.4. The number of carbonyl (C=O) groups is 3. The number of phenolic OH excluding ortho intramolecular Hbond substituents is 1. The number of rotatable bonds is 4. The first-order chi connectivity index (χ1) is 18.3. The number of anilines is 1. The van der Waals surface area contributed by atoms with Crippen molar-refractivity contribution in [3.63, 3.8) is 0 Å². The van der Waals surface area contributed by atoms with E-state index in [2.05, 4.69) is 10.3 Å². The Hall–Kier alpha value is -3.08. The van der Waals surface area contributed by atoms with Crippen molar-refractivity contribution >= 4 is 58.1 Å². The Balaban J connectivity index is 1.19. The molecule has 0 spiro atoms. The maximum Gasteiger partial charge on any atom is 0.305 e. The number of amides is 3. The number of H-pyrrole nitrogens is 1. The number of benzene rings is 2. The molecule has 3 amide bonds. The van der Waals surface area contributed by atoms with E-state index in [1.165, 1.54) is 23.5 Å². The van der Waals surface area contributed by atoms with Crippen LogP contribution in [0.2, 0.25) is 5.02 Å². The molecule has 8 nitrogen and oxygen atoms in total. The van der Waals surface area contributed by atoms with Crippen LogP contribution >= 0.6 is 34.7 Å². The highest BCUT2D eigenvalue weighted by molar-refractivity contribution is 8.00. The normalized spacial score (nSPS) is 30.8. The number of aromatic hydroxyl groups is 1. The molecule has 2 bridgehead atoms. The number of likely N-dealkylation sites (tertiary alicyclic amines) is 1. The molecule has 0 radical (unpaired) electrons. The molecule has 1 aromatic heterocycles. The van der Waals surface area contributed by atoms with Gasteiger partial charge in [-0.05, 0) is 66.1 Å². The van der Waals surface area contributed by atoms with Crippen molar-refractivity contribution in [1.29, 1.82) is 0 Å². The van der Waals surface area contributed by atoms with Crippen LogP contribution in [0.5, 0.6) is 5.75 Å². The van der Waals surface area contributed by atoms with Gasteiger partial charge in [0.25, 0.3) is 0 Å². The van der Waals surface area contributed by atoms with Gasteiger partial charge in [-0.2, -0.15) is 0 Å². The van der Waals surface area contributed by atoms with Crippen molar-refractivity contribution in [1.82, 2.24) is 9.88 Å². The summed E-state index contributed by atoms with van der Waals surface area (Å²) in [7, 11) is 0. The Morgan fingerprint density at radius 2 is 1.71 bits per heavy atom. The van der Waals surface area contributed by atoms with Gasteiger partial charge in [-0.1, -0.05) is 35.1 Å². The molecule has 1 saturated heterocycles. The Labute approximate surface area is 230 Å². The molecule has 3 N–H and O–H groups in total. The predicted molar refractivity (Wildman–Crippen MR) is 143 cm³/mol. The summed E-state index contributed by atoms with van der Waals surface area (Å²) in [5, 5.41) is 13.7. The monoisotopic (exact) mass is 567 g/mol. The number of hydrogen-bond acceptors (Lipinski definition) is 7. The fraction of sp³-hybridized carbons (Fsp3) is 0.333. The summed E-state index contributed by atoms with van der Waals surface area (Å²) >= 11 is 9.01. The number of aromatic amines is 1. The Bertz CT molecular complexity index is 1540. The molecule has 7 atom stereocenters. The largest absolute Gasteiger partial charge is 0.508 e. The number of nitrogens with one attached hydrogen (secondary N) is 2. The lowest BCUT2D eigenvalue weighted by Crippen LogP contribution is -2.42. The summed E-state index contributed by atoms with van der Waals surface area (Å²) in [6.45, 7) is -0.339. The maximum absolute atomic E-state index is 13.6. The molecule has 2 aliphatic heterocycles. The van der Waals surface area contributed by atoms with E-state index in [9.17, 15) is 24.3 Å². The molecule has 38 heavy (non-hydrogen) atoms. The zero-order valence-corrected chi connectivity index (χ0v) is 22.2. The molecule has 2 aliphatic carbocycles. The first-order valence-corrected chi connectivity index (χ1v) is 14.5. The van der Waals surface area contributed by atoms with Gasteiger partial charge in [-0.3, -0.25) is 24.1 Å². The number of imide groups is 1. The van der Waals surface area contributed by atoms with Crippen molar-refractivity contribution in [2.24, 2.45) is 29.6 Å². The van der Waals surface area contributed by atoms with Crippen LogP contribution in [-0.2, 0) is 14.4 Å². The van der Waals surface area contributed by atoms with Crippen molar-refractivity contribution in [3.8, 4) is 5.75 Å². The van der Waals surface area contributed by atoms with E-state index in [4.69, 9.17) is 11.6 Å². The number of thiazole rings is 1. The minimum Gasteiger partial charge on any atom is -0.508 e. The quantitative estimate of drug-likeness (QED) is 0.325. The molecular formula is C27H22ClN3O5S2. The summed E-state index contributed by atoms with van der Waals surface area (Å²) in [5.74, 6) is -1.84. The van der Waals surface area contributed by atoms with Gasteiger partial charge in [0.1, 0.15) is 12.3 Å². The molecule has 11 heteroatoms. The fourth-order valence-electron chi connectivity index (χ4n) is 7.17. The SMILES string of the molecule is O=C(CN1C(=O)C2C3CC(C2C1=O)C1C3Sc2[nH]c(=O)sc2[C@@H]1c1ccc(Cl)cc1)Nc1ccc(O)cc1. The third-order valence-corrected chi connectivity index (χ3v) is 11.3. The van der Waals surface area contributed by atoms with Gasteiger partial charge in [0.15, 0.2) is 0 Å². The Kier molecular flexibility index (Phi) is 5.51. The van der Waals surface area contributed by atoms with Crippen LogP contribution < -0.4 is 10.2 Å². The van der Waals surface area contributed by atoms with Gasteiger partial charge >= 0.3 is 4.87 Å². The lowest BCUT2D eigenvalue weighted by Gasteiger charge is -2.43. The zero-order chi connectivity index (χ0) is 26.3. The Morgan fingerprint density at radius 3 is 2.42 bits per heavy atom. The lowest BCUT2D eigenvalue weighted by molar-refractivity contribution is -0.143. The number of halogens is 1. The number of aromatic nitrogens is 1. The average molecular weight is 568 g/mol. The fourth-order valence-corrected chi connectivity index (χ4v) is 10.2. The van der Waals surface area contributed by atoms with Crippen molar-refractivity contribution in [3.05, 3.63) is 73.7 Å². The second kappa shape index (κ2) is 8.72. The van der Waals surface area contributed by atoms with E-state index in [-0.39, 0.29) is 57.9 Å². The number of thioether (sulfide) groups is 1. The number of phenols is 1. The van der Waals surface area contributed by atoms with Crippen LogP contribution in [0, 0.1) is 29.6 Å². The van der Waals surface area contributed by atoms with Crippen molar-refractivity contribution in [2.45, 2.75) is 22.6 Å². The van der Waals surface area contributed by atoms with Gasteiger partial charge in [0.2, 0.25) is 17.7 Å². The molecule has 3 fully saturated rings. The molecule has 4 aliphatic rings. The van der Waals surface area contributed by atoms with Crippen LogP contribution in [-0.4, -0.2) is 44.5 Å². The van der Waals surface area contributed by atoms with Gasteiger partial charge < -0.3 is 15.4 Å². The standard InChI is InChI=1S/C27H22ClN3O5S2/c28-12-3-1-11(2-4-12)18-19-15-9-16(22(19)37-24-23(18)38-27(36)30-24)21-20(15)25(34)31(26(21)35)10-17(33)29-13-5-7-14(32)8-6-13/h1-8,15-16,18-22,32H,9-10H2,(H,29,33)(H,30,36)/t15?,16?,18-,19?,20?,21?,22?/m1/s1. The van der Waals surface area contributed by atoms with E-state index in [0.29, 0.717) is 10.7 Å². The molecular weight excluding hydrogens is 546 g/mol. The smallest absolute Gasteiger partial charge is 0.305 e. The predicted octanol–water partition coefficient (Wildman–Crippen LogP) is 3.91. The highest BCUT2D eigenvalue weighted by atomic mass is 35.5. The van der Waals surface area contributed by atoms with E-state index in [1.807, 2.05) is 24.3 Å². The number of carbonyl (C=O) groups excluding carboxylic acids is 3. The second-order valence-corrected chi connectivity index (χ2v) is 13.0. The van der Waals surface area contributed by atoms with E-state index in [1.54, 1.807) is 23.9 Å². The van der Waals surface area contributed by atoms with Gasteiger partial charge in [0, 0.05) is 26.8 Å². The topological polar surface area (TPSA) is 120 Å². The van der Waals surface area contributed by atoms with Crippen molar-refractivity contribution in [2.75, 3.05) is 11.9 Å². The molecule has 2 aromatic carbocycles. The van der Waals surface area contributed by atoms with Gasteiger partial charge in [0.05, 0.1) is 16.9 Å². The molecule has 6 unspecified atom stereocenters. The minimum atomic E-state index is -0.463. The lowest BCUT2D eigenvalue weighted by atomic mass is 9.68. The van der Waals surface area contributed by atoms with Crippen molar-refractivity contribution < 1.29 is 19.5 Å². The summed E-state index contributed by atoms with van der Waals surface area (Å²) in [4.78, 5) is 57.3. The molecule has 7 rings (SSSR count). The maximum atomic E-state index is 13.6. The average Bonchev–Trinajstić information content (AvgIpc) is 3.62. The zero-order valence-electron chi connectivity index (χ0n) is 19.8. The second-order valence-electron chi connectivity index (χ2n) is 10.4. The summed E-state index contributed by atoms with van der Waals surface area (Å²) in [5.41, 5.74) is 1.52. The van der Waals surface area contributed by atoms with Gasteiger partial charge in [-0.15, -0.1) is 11.8 Å². The summed E-state index contributed by atoms with van der Waals surface area (Å²) in [6, 6.07) is 13.7. The number of hydrogen-bond donors (Lipinski definition) is 3. The summed E-state index contributed by atoms with van der Waals surface area (Å²) < 4.78 is 0. The summed E-state index contributed by atoms with van der Waals surface area (Å²) in [6.07, 6.45) is 0.784. The molecule has 194 valence electrons. The Morgan fingerprint density at radius 1 is 1.03 bits per heavy atom. The minimum absolute atomic E-state index is 0.00652. The van der Waals surface area contributed by atoms with Crippen LogP contribution in [0.25, 0.3) is 0 Å². The highest BCUT2D eigenvalue weighted by Crippen LogP contribution is 2.68. The van der Waals surface area contributed by atoms with E-state index >= 15 is 0 Å².